The SMILES string of the molecule is O=C(NCCc1cccc(Br)c1)NCOc1ccccc1. The number of benzene rings is 2. The number of rotatable bonds is 6. The Kier molecular flexibility index (Phi) is 6.09. The summed E-state index contributed by atoms with van der Waals surface area (Å²) in [5, 5.41) is 5.44. The van der Waals surface area contributed by atoms with Crippen molar-refractivity contribution in [2.75, 3.05) is 13.3 Å². The molecule has 0 aliphatic rings. The lowest BCUT2D eigenvalue weighted by Crippen LogP contribution is -2.38. The number of carbonyl (C=O) groups excluding carboxylic acids is 1. The molecule has 0 aliphatic carbocycles. The lowest BCUT2D eigenvalue weighted by Gasteiger charge is -2.09. The highest BCUT2D eigenvalue weighted by Crippen LogP contribution is 2.11. The van der Waals surface area contributed by atoms with Gasteiger partial charge in [-0.15, -0.1) is 0 Å². The van der Waals surface area contributed by atoms with Gasteiger partial charge in [0.05, 0.1) is 0 Å². The minimum atomic E-state index is -0.235. The average molecular weight is 349 g/mol. The summed E-state index contributed by atoms with van der Waals surface area (Å²) in [5.74, 6) is 0.729. The van der Waals surface area contributed by atoms with Crippen molar-refractivity contribution in [3.8, 4) is 5.75 Å². The van der Waals surface area contributed by atoms with E-state index in [2.05, 4.69) is 26.6 Å². The van der Waals surface area contributed by atoms with E-state index in [0.29, 0.717) is 6.54 Å². The zero-order valence-corrected chi connectivity index (χ0v) is 13.1. The highest BCUT2D eigenvalue weighted by Gasteiger charge is 2.00. The van der Waals surface area contributed by atoms with E-state index in [1.54, 1.807) is 0 Å². The summed E-state index contributed by atoms with van der Waals surface area (Å²) in [5.41, 5.74) is 1.17. The molecule has 0 radical (unpaired) electrons. The van der Waals surface area contributed by atoms with Crippen molar-refractivity contribution in [1.29, 1.82) is 0 Å². The molecule has 21 heavy (non-hydrogen) atoms. The topological polar surface area (TPSA) is 50.4 Å². The molecule has 0 unspecified atom stereocenters. The second kappa shape index (κ2) is 8.32. The van der Waals surface area contributed by atoms with Crippen LogP contribution >= 0.6 is 15.9 Å². The molecule has 2 rings (SSSR count). The monoisotopic (exact) mass is 348 g/mol. The van der Waals surface area contributed by atoms with Gasteiger partial charge in [0.1, 0.15) is 5.75 Å². The molecule has 0 atom stereocenters. The number of hydrogen-bond acceptors (Lipinski definition) is 2. The van der Waals surface area contributed by atoms with Crippen LogP contribution in [0.1, 0.15) is 5.56 Å². The molecule has 2 aromatic rings. The van der Waals surface area contributed by atoms with Crippen LogP contribution in [0.4, 0.5) is 4.79 Å². The summed E-state index contributed by atoms with van der Waals surface area (Å²) in [6, 6.07) is 17.1. The van der Waals surface area contributed by atoms with Gasteiger partial charge in [0, 0.05) is 11.0 Å². The van der Waals surface area contributed by atoms with Crippen LogP contribution in [0, 0.1) is 0 Å². The van der Waals surface area contributed by atoms with E-state index in [1.807, 2.05) is 54.6 Å². The molecular weight excluding hydrogens is 332 g/mol. The van der Waals surface area contributed by atoms with Crippen LogP contribution in [-0.2, 0) is 6.42 Å². The fourth-order valence-electron chi connectivity index (χ4n) is 1.78. The Morgan fingerprint density at radius 3 is 2.62 bits per heavy atom. The molecule has 2 amide bonds. The molecule has 0 saturated heterocycles. The highest BCUT2D eigenvalue weighted by atomic mass is 79.9. The van der Waals surface area contributed by atoms with E-state index in [1.165, 1.54) is 5.56 Å². The Morgan fingerprint density at radius 2 is 1.86 bits per heavy atom. The van der Waals surface area contributed by atoms with Gasteiger partial charge < -0.3 is 15.4 Å². The quantitative estimate of drug-likeness (QED) is 0.786. The van der Waals surface area contributed by atoms with Crippen molar-refractivity contribution >= 4 is 22.0 Å². The minimum absolute atomic E-state index is 0.146. The van der Waals surface area contributed by atoms with Gasteiger partial charge in [0.25, 0.3) is 0 Å². The molecule has 5 heteroatoms. The van der Waals surface area contributed by atoms with Gasteiger partial charge in [0.15, 0.2) is 6.73 Å². The molecule has 0 bridgehead atoms. The van der Waals surface area contributed by atoms with E-state index >= 15 is 0 Å². The summed E-state index contributed by atoms with van der Waals surface area (Å²) in [7, 11) is 0. The largest absolute Gasteiger partial charge is 0.473 e. The molecule has 110 valence electrons. The van der Waals surface area contributed by atoms with Crippen LogP contribution in [0.25, 0.3) is 0 Å². The van der Waals surface area contributed by atoms with E-state index in [-0.39, 0.29) is 12.8 Å². The van der Waals surface area contributed by atoms with Gasteiger partial charge >= 0.3 is 6.03 Å². The van der Waals surface area contributed by atoms with E-state index < -0.39 is 0 Å². The summed E-state index contributed by atoms with van der Waals surface area (Å²) in [4.78, 5) is 11.6. The van der Waals surface area contributed by atoms with Crippen LogP contribution in [0.15, 0.2) is 59.1 Å². The fraction of sp³-hybridized carbons (Fsp3) is 0.188. The lowest BCUT2D eigenvalue weighted by atomic mass is 10.1. The molecule has 0 aliphatic heterocycles. The van der Waals surface area contributed by atoms with Crippen LogP contribution in [-0.4, -0.2) is 19.3 Å². The molecular formula is C16H17BrN2O2. The second-order valence-electron chi connectivity index (χ2n) is 4.41. The number of halogens is 1. The number of para-hydroxylation sites is 1. The van der Waals surface area contributed by atoms with Gasteiger partial charge in [-0.3, -0.25) is 0 Å². The summed E-state index contributed by atoms with van der Waals surface area (Å²) >= 11 is 3.42. The van der Waals surface area contributed by atoms with Crippen molar-refractivity contribution in [1.82, 2.24) is 10.6 Å². The number of hydrogen-bond donors (Lipinski definition) is 2. The van der Waals surface area contributed by atoms with Crippen LogP contribution in [0.5, 0.6) is 5.75 Å². The van der Waals surface area contributed by atoms with E-state index in [4.69, 9.17) is 4.74 Å². The van der Waals surface area contributed by atoms with Gasteiger partial charge in [0.2, 0.25) is 0 Å². The van der Waals surface area contributed by atoms with Gasteiger partial charge in [-0.1, -0.05) is 46.3 Å². The minimum Gasteiger partial charge on any atom is -0.473 e. The first-order valence-corrected chi connectivity index (χ1v) is 7.47. The maximum Gasteiger partial charge on any atom is 0.317 e. The summed E-state index contributed by atoms with van der Waals surface area (Å²) < 4.78 is 6.42. The average Bonchev–Trinajstić information content (AvgIpc) is 2.48. The summed E-state index contributed by atoms with van der Waals surface area (Å²) in [6.45, 7) is 0.723. The highest BCUT2D eigenvalue weighted by molar-refractivity contribution is 9.10. The van der Waals surface area contributed by atoms with Crippen molar-refractivity contribution in [3.63, 3.8) is 0 Å². The third-order valence-corrected chi connectivity index (χ3v) is 3.30. The molecule has 0 saturated carbocycles. The third kappa shape index (κ3) is 5.87. The van der Waals surface area contributed by atoms with Crippen molar-refractivity contribution in [2.24, 2.45) is 0 Å². The van der Waals surface area contributed by atoms with Crippen LogP contribution in [0.2, 0.25) is 0 Å². The molecule has 4 nitrogen and oxygen atoms in total. The van der Waals surface area contributed by atoms with Gasteiger partial charge in [-0.25, -0.2) is 4.79 Å². The first-order chi connectivity index (χ1) is 10.2. The zero-order valence-electron chi connectivity index (χ0n) is 11.5. The van der Waals surface area contributed by atoms with Gasteiger partial charge in [-0.2, -0.15) is 0 Å². The number of amides is 2. The number of urea groups is 1. The predicted molar refractivity (Wildman–Crippen MR) is 86.3 cm³/mol. The molecule has 0 spiro atoms. The second-order valence-corrected chi connectivity index (χ2v) is 5.33. The van der Waals surface area contributed by atoms with Crippen molar-refractivity contribution < 1.29 is 9.53 Å². The normalized spacial score (nSPS) is 9.95. The zero-order chi connectivity index (χ0) is 14.9. The fourth-order valence-corrected chi connectivity index (χ4v) is 2.22. The number of nitrogens with one attached hydrogen (secondary N) is 2. The maximum atomic E-state index is 11.6. The predicted octanol–water partition coefficient (Wildman–Crippen LogP) is 3.33. The third-order valence-electron chi connectivity index (χ3n) is 2.80. The lowest BCUT2D eigenvalue weighted by molar-refractivity contribution is 0.224. The smallest absolute Gasteiger partial charge is 0.317 e. The molecule has 2 aromatic carbocycles. The Labute approximate surface area is 132 Å². The first-order valence-electron chi connectivity index (χ1n) is 6.68. The number of ether oxygens (including phenoxy) is 1. The Balaban J connectivity index is 1.61. The Hall–Kier alpha value is -2.01. The molecule has 2 N–H and O–H groups in total. The van der Waals surface area contributed by atoms with E-state index in [0.717, 1.165) is 16.6 Å². The Bertz CT molecular complexity index is 575. The van der Waals surface area contributed by atoms with E-state index in [9.17, 15) is 4.79 Å². The standard InChI is InChI=1S/C16H17BrN2O2/c17-14-6-4-5-13(11-14)9-10-18-16(20)19-12-21-15-7-2-1-3-8-15/h1-8,11H,9-10,12H2,(H2,18,19,20). The molecule has 0 fully saturated rings. The van der Waals surface area contributed by atoms with Crippen molar-refractivity contribution in [3.05, 3.63) is 64.6 Å². The maximum absolute atomic E-state index is 11.6. The molecule has 0 heterocycles. The first kappa shape index (κ1) is 15.4. The summed E-state index contributed by atoms with van der Waals surface area (Å²) in [6.07, 6.45) is 0.784. The van der Waals surface area contributed by atoms with Crippen molar-refractivity contribution in [2.45, 2.75) is 6.42 Å². The number of carbonyl (C=O) groups is 1. The Morgan fingerprint density at radius 1 is 1.05 bits per heavy atom. The van der Waals surface area contributed by atoms with Gasteiger partial charge in [-0.05, 0) is 36.2 Å². The van der Waals surface area contributed by atoms with Crippen LogP contribution < -0.4 is 15.4 Å². The van der Waals surface area contributed by atoms with Crippen LogP contribution in [0.3, 0.4) is 0 Å². The molecule has 0 aromatic heterocycles.